The van der Waals surface area contributed by atoms with Gasteiger partial charge in [-0.05, 0) is 36.2 Å². The molecule has 1 aromatic heterocycles. The molecular formula is C20H13F7N2O. The van der Waals surface area contributed by atoms with Gasteiger partial charge in [-0.25, -0.2) is 27.5 Å². The summed E-state index contributed by atoms with van der Waals surface area (Å²) < 4.78 is 96.3. The molecule has 2 aromatic carbocycles. The monoisotopic (exact) mass is 430 g/mol. The third kappa shape index (κ3) is 4.69. The Morgan fingerprint density at radius 3 is 1.80 bits per heavy atom. The Morgan fingerprint density at radius 1 is 0.800 bits per heavy atom. The lowest BCUT2D eigenvalue weighted by Gasteiger charge is -2.12. The fraction of sp³-hybridized carbons (Fsp3) is 0.200. The van der Waals surface area contributed by atoms with E-state index in [1.807, 2.05) is 6.92 Å². The van der Waals surface area contributed by atoms with Gasteiger partial charge in [-0.1, -0.05) is 13.3 Å². The summed E-state index contributed by atoms with van der Waals surface area (Å²) in [6, 6.07) is 3.50. The summed E-state index contributed by atoms with van der Waals surface area (Å²) in [6.45, 7) is 1.86. The van der Waals surface area contributed by atoms with Crippen LogP contribution >= 0.6 is 0 Å². The highest BCUT2D eigenvalue weighted by Crippen LogP contribution is 2.32. The Balaban J connectivity index is 1.93. The molecule has 10 heteroatoms. The van der Waals surface area contributed by atoms with Crippen molar-refractivity contribution in [1.82, 2.24) is 9.97 Å². The first-order valence-electron chi connectivity index (χ1n) is 8.64. The largest absolute Gasteiger partial charge is 0.573 e. The van der Waals surface area contributed by atoms with Crippen molar-refractivity contribution in [3.8, 4) is 28.3 Å². The summed E-state index contributed by atoms with van der Waals surface area (Å²) in [5.74, 6) is -6.74. The molecule has 30 heavy (non-hydrogen) atoms. The summed E-state index contributed by atoms with van der Waals surface area (Å²) in [4.78, 5) is 7.62. The number of nitrogens with zero attached hydrogens (tertiary/aromatic N) is 2. The Bertz CT molecular complexity index is 1020. The van der Waals surface area contributed by atoms with Crippen LogP contribution < -0.4 is 4.74 Å². The second-order valence-corrected chi connectivity index (χ2v) is 6.30. The second-order valence-electron chi connectivity index (χ2n) is 6.30. The number of halogens is 7. The number of hydrogen-bond acceptors (Lipinski definition) is 3. The number of hydrogen-bond donors (Lipinski definition) is 0. The van der Waals surface area contributed by atoms with Gasteiger partial charge < -0.3 is 4.74 Å². The van der Waals surface area contributed by atoms with Gasteiger partial charge >= 0.3 is 6.36 Å². The molecule has 0 saturated carbocycles. The molecule has 0 saturated heterocycles. The maximum Gasteiger partial charge on any atom is 0.573 e. The maximum absolute atomic E-state index is 14.3. The molecule has 1 heterocycles. The van der Waals surface area contributed by atoms with E-state index in [-0.39, 0.29) is 22.5 Å². The molecule has 158 valence electrons. The molecule has 0 bridgehead atoms. The van der Waals surface area contributed by atoms with Crippen molar-refractivity contribution in [2.45, 2.75) is 26.1 Å². The van der Waals surface area contributed by atoms with Gasteiger partial charge in [-0.3, -0.25) is 0 Å². The highest BCUT2D eigenvalue weighted by molar-refractivity contribution is 5.65. The van der Waals surface area contributed by atoms with Crippen LogP contribution in [0.25, 0.3) is 22.5 Å². The van der Waals surface area contributed by atoms with Crippen LogP contribution in [0, 0.1) is 23.3 Å². The Labute approximate surface area is 166 Å². The van der Waals surface area contributed by atoms with Gasteiger partial charge in [0.25, 0.3) is 0 Å². The van der Waals surface area contributed by atoms with Crippen molar-refractivity contribution < 1.29 is 35.5 Å². The fourth-order valence-electron chi connectivity index (χ4n) is 2.84. The molecule has 0 fully saturated rings. The summed E-state index contributed by atoms with van der Waals surface area (Å²) in [5.41, 5.74) is -0.186. The number of alkyl halides is 3. The number of aromatic nitrogens is 2. The van der Waals surface area contributed by atoms with Crippen LogP contribution in [0.15, 0.2) is 36.7 Å². The Kier molecular flexibility index (Phi) is 5.95. The van der Waals surface area contributed by atoms with Crippen molar-refractivity contribution in [1.29, 1.82) is 0 Å². The lowest BCUT2D eigenvalue weighted by Crippen LogP contribution is -2.19. The van der Waals surface area contributed by atoms with Crippen molar-refractivity contribution in [2.24, 2.45) is 0 Å². The average molecular weight is 430 g/mol. The lowest BCUT2D eigenvalue weighted by molar-refractivity contribution is -0.276. The third-order valence-electron chi connectivity index (χ3n) is 4.06. The van der Waals surface area contributed by atoms with E-state index < -0.39 is 35.4 Å². The average Bonchev–Trinajstić information content (AvgIpc) is 2.64. The molecule has 3 aromatic rings. The minimum absolute atomic E-state index is 0.0187. The maximum atomic E-state index is 14.3. The van der Waals surface area contributed by atoms with Crippen LogP contribution in [-0.4, -0.2) is 16.3 Å². The highest BCUT2D eigenvalue weighted by Gasteiger charge is 2.34. The van der Waals surface area contributed by atoms with Gasteiger partial charge in [0.1, 0.15) is 11.6 Å². The molecule has 0 atom stereocenters. The van der Waals surface area contributed by atoms with E-state index in [0.717, 1.165) is 12.4 Å². The second kappa shape index (κ2) is 8.29. The minimum atomic E-state index is -5.28. The van der Waals surface area contributed by atoms with E-state index in [4.69, 9.17) is 0 Å². The van der Waals surface area contributed by atoms with Crippen LogP contribution in [0.3, 0.4) is 0 Å². The smallest absolute Gasteiger partial charge is 0.399 e. The van der Waals surface area contributed by atoms with Crippen LogP contribution in [0.1, 0.15) is 18.9 Å². The van der Waals surface area contributed by atoms with E-state index in [2.05, 4.69) is 14.7 Å². The Hall–Kier alpha value is -3.17. The quantitative estimate of drug-likeness (QED) is 0.451. The molecule has 0 unspecified atom stereocenters. The number of benzene rings is 2. The van der Waals surface area contributed by atoms with Gasteiger partial charge in [0, 0.05) is 23.5 Å². The van der Waals surface area contributed by atoms with Gasteiger partial charge in [-0.15, -0.1) is 13.2 Å². The summed E-state index contributed by atoms with van der Waals surface area (Å²) in [7, 11) is 0. The zero-order valence-electron chi connectivity index (χ0n) is 15.3. The summed E-state index contributed by atoms with van der Waals surface area (Å²) in [5, 5.41) is 0. The first-order chi connectivity index (χ1) is 14.1. The number of ether oxygens (including phenoxy) is 1. The molecule has 0 radical (unpaired) electrons. The topological polar surface area (TPSA) is 35.0 Å². The van der Waals surface area contributed by atoms with E-state index in [1.54, 1.807) is 0 Å². The molecule has 0 amide bonds. The minimum Gasteiger partial charge on any atom is -0.399 e. The standard InChI is InChI=1S/C20H13F7N2O/c1-2-3-10-4-13(21)17(14(22)5-10)12-8-28-19(29-9-12)11-6-15(23)18(16(24)7-11)30-20(25,26)27/h4-9H,2-3H2,1H3. The van der Waals surface area contributed by atoms with Gasteiger partial charge in [0.2, 0.25) is 5.75 Å². The lowest BCUT2D eigenvalue weighted by atomic mass is 10.0. The SMILES string of the molecule is CCCc1cc(F)c(-c2cnc(-c3cc(F)c(OC(F)(F)F)c(F)c3)nc2)c(F)c1. The van der Waals surface area contributed by atoms with Crippen LogP contribution in [0.4, 0.5) is 30.7 Å². The van der Waals surface area contributed by atoms with Crippen molar-refractivity contribution in [3.05, 3.63) is 65.5 Å². The summed E-state index contributed by atoms with van der Waals surface area (Å²) in [6.07, 6.45) is -1.99. The number of aryl methyl sites for hydroxylation is 1. The van der Waals surface area contributed by atoms with Crippen LogP contribution in [0.5, 0.6) is 5.75 Å². The molecule has 0 aliphatic rings. The van der Waals surface area contributed by atoms with Crippen LogP contribution in [0.2, 0.25) is 0 Å². The first-order valence-corrected chi connectivity index (χ1v) is 8.64. The van der Waals surface area contributed by atoms with Gasteiger partial charge in [0.15, 0.2) is 17.5 Å². The van der Waals surface area contributed by atoms with Gasteiger partial charge in [0.05, 0.1) is 5.56 Å². The van der Waals surface area contributed by atoms with Gasteiger partial charge in [-0.2, -0.15) is 0 Å². The molecule has 0 aliphatic carbocycles. The van der Waals surface area contributed by atoms with E-state index in [0.29, 0.717) is 30.5 Å². The molecule has 0 N–H and O–H groups in total. The van der Waals surface area contributed by atoms with E-state index >= 15 is 0 Å². The predicted octanol–water partition coefficient (Wildman–Crippen LogP) is 6.22. The zero-order chi connectivity index (χ0) is 22.1. The zero-order valence-corrected chi connectivity index (χ0v) is 15.3. The Morgan fingerprint density at radius 2 is 1.33 bits per heavy atom. The normalized spacial score (nSPS) is 11.6. The number of rotatable bonds is 5. The molecular weight excluding hydrogens is 417 g/mol. The van der Waals surface area contributed by atoms with Crippen molar-refractivity contribution >= 4 is 0 Å². The third-order valence-corrected chi connectivity index (χ3v) is 4.06. The first kappa shape index (κ1) is 21.5. The highest BCUT2D eigenvalue weighted by atomic mass is 19.4. The molecule has 3 rings (SSSR count). The van der Waals surface area contributed by atoms with Crippen LogP contribution in [-0.2, 0) is 6.42 Å². The van der Waals surface area contributed by atoms with Crippen molar-refractivity contribution in [3.63, 3.8) is 0 Å². The fourth-order valence-corrected chi connectivity index (χ4v) is 2.84. The molecule has 0 spiro atoms. The van der Waals surface area contributed by atoms with E-state index in [9.17, 15) is 30.7 Å². The van der Waals surface area contributed by atoms with Crippen molar-refractivity contribution in [2.75, 3.05) is 0 Å². The molecule has 3 nitrogen and oxygen atoms in total. The summed E-state index contributed by atoms with van der Waals surface area (Å²) >= 11 is 0. The predicted molar refractivity (Wildman–Crippen MR) is 93.4 cm³/mol. The van der Waals surface area contributed by atoms with E-state index in [1.165, 1.54) is 12.1 Å². The molecule has 0 aliphatic heterocycles.